The molecule has 2 aromatic rings. The molecule has 0 bridgehead atoms. The second kappa shape index (κ2) is 7.87. The third-order valence-electron chi connectivity index (χ3n) is 5.08. The van der Waals surface area contributed by atoms with Crippen molar-refractivity contribution in [2.45, 2.75) is 59.0 Å². The zero-order valence-electron chi connectivity index (χ0n) is 17.0. The van der Waals surface area contributed by atoms with Crippen molar-refractivity contribution in [2.24, 2.45) is 11.7 Å². The monoisotopic (exact) mass is 387 g/mol. The van der Waals surface area contributed by atoms with Gasteiger partial charge in [0, 0.05) is 31.4 Å². The molecule has 0 spiro atoms. The smallest absolute Gasteiger partial charge is 0.330 e. The molecule has 0 saturated carbocycles. The van der Waals surface area contributed by atoms with Gasteiger partial charge in [-0.2, -0.15) is 0 Å². The number of piperidine rings is 1. The zero-order valence-corrected chi connectivity index (χ0v) is 17.0. The van der Waals surface area contributed by atoms with Crippen LogP contribution in [0.1, 0.15) is 62.5 Å². The molecule has 1 aliphatic heterocycles. The van der Waals surface area contributed by atoms with Gasteiger partial charge in [-0.05, 0) is 30.7 Å². The van der Waals surface area contributed by atoms with E-state index in [9.17, 15) is 14.4 Å². The minimum atomic E-state index is -0.576. The molecule has 3 rings (SSSR count). The van der Waals surface area contributed by atoms with E-state index in [1.807, 2.05) is 27.7 Å². The maximum absolute atomic E-state index is 13.3. The average Bonchev–Trinajstić information content (AvgIpc) is 2.63. The molecule has 1 atom stereocenters. The maximum atomic E-state index is 13.3. The summed E-state index contributed by atoms with van der Waals surface area (Å²) in [6.07, 6.45) is 1.72. The second-order valence-electron chi connectivity index (χ2n) is 8.37. The molecule has 1 unspecified atom stereocenters. The first-order valence-corrected chi connectivity index (χ1v) is 9.91. The zero-order chi connectivity index (χ0) is 20.6. The molecule has 1 saturated heterocycles. The molecule has 0 radical (unpaired) electrons. The van der Waals surface area contributed by atoms with Crippen LogP contribution in [0.3, 0.4) is 0 Å². The predicted octanol–water partition coefficient (Wildman–Crippen LogP) is 1.43. The van der Waals surface area contributed by atoms with Crippen LogP contribution in [0.25, 0.3) is 11.0 Å². The number of carbonyl (C=O) groups excluding carboxylic acids is 1. The average molecular weight is 387 g/mol. The highest BCUT2D eigenvalue weighted by atomic mass is 16.2. The van der Waals surface area contributed by atoms with Crippen LogP contribution in [0.15, 0.2) is 15.7 Å². The SMILES string of the molecule is CC(C)Cn1c(=O)[nH]c(=O)c2c(C(=O)N3CCCC(N)C3)cc(C(C)C)nc21. The third kappa shape index (κ3) is 3.87. The number of pyridine rings is 1. The van der Waals surface area contributed by atoms with E-state index >= 15 is 0 Å². The Morgan fingerprint density at radius 2 is 2.04 bits per heavy atom. The molecule has 3 heterocycles. The highest BCUT2D eigenvalue weighted by Crippen LogP contribution is 2.22. The van der Waals surface area contributed by atoms with Gasteiger partial charge in [-0.3, -0.25) is 19.1 Å². The Kier molecular flexibility index (Phi) is 5.69. The Labute approximate surface area is 163 Å². The van der Waals surface area contributed by atoms with Gasteiger partial charge < -0.3 is 10.6 Å². The summed E-state index contributed by atoms with van der Waals surface area (Å²) in [5.41, 5.74) is 6.21. The number of nitrogens with two attached hydrogens (primary N) is 1. The van der Waals surface area contributed by atoms with Gasteiger partial charge in [0.05, 0.1) is 10.9 Å². The van der Waals surface area contributed by atoms with Gasteiger partial charge in [0.2, 0.25) is 0 Å². The molecule has 28 heavy (non-hydrogen) atoms. The van der Waals surface area contributed by atoms with Gasteiger partial charge in [0.15, 0.2) is 5.65 Å². The molecular weight excluding hydrogens is 358 g/mol. The van der Waals surface area contributed by atoms with Crippen LogP contribution in [0, 0.1) is 5.92 Å². The normalized spacial score (nSPS) is 17.7. The van der Waals surface area contributed by atoms with Crippen LogP contribution in [-0.4, -0.2) is 44.5 Å². The van der Waals surface area contributed by atoms with E-state index in [2.05, 4.69) is 9.97 Å². The largest absolute Gasteiger partial charge is 0.337 e. The van der Waals surface area contributed by atoms with Crippen LogP contribution in [-0.2, 0) is 6.54 Å². The second-order valence-corrected chi connectivity index (χ2v) is 8.37. The number of hydrogen-bond donors (Lipinski definition) is 2. The molecule has 8 nitrogen and oxygen atoms in total. The van der Waals surface area contributed by atoms with Crippen molar-refractivity contribution in [1.29, 1.82) is 0 Å². The fraction of sp³-hybridized carbons (Fsp3) is 0.600. The lowest BCUT2D eigenvalue weighted by Crippen LogP contribution is -2.46. The summed E-state index contributed by atoms with van der Waals surface area (Å²) in [6.45, 7) is 9.38. The van der Waals surface area contributed by atoms with Crippen molar-refractivity contribution < 1.29 is 4.79 Å². The Morgan fingerprint density at radius 3 is 2.64 bits per heavy atom. The molecule has 3 N–H and O–H groups in total. The topological polar surface area (TPSA) is 114 Å². The summed E-state index contributed by atoms with van der Waals surface area (Å²) in [5, 5.41) is 0.175. The summed E-state index contributed by atoms with van der Waals surface area (Å²) < 4.78 is 1.46. The number of likely N-dealkylation sites (tertiary alicyclic amines) is 1. The number of aromatic amines is 1. The molecule has 152 valence electrons. The van der Waals surface area contributed by atoms with E-state index < -0.39 is 11.2 Å². The van der Waals surface area contributed by atoms with Crippen LogP contribution < -0.4 is 17.0 Å². The Balaban J connectivity index is 2.28. The molecule has 0 aliphatic carbocycles. The number of aromatic nitrogens is 3. The Hall–Kier alpha value is -2.48. The fourth-order valence-corrected chi connectivity index (χ4v) is 3.66. The van der Waals surface area contributed by atoms with Gasteiger partial charge in [-0.1, -0.05) is 27.7 Å². The molecule has 1 amide bonds. The summed E-state index contributed by atoms with van der Waals surface area (Å²) in [7, 11) is 0. The summed E-state index contributed by atoms with van der Waals surface area (Å²) in [4.78, 5) is 47.1. The molecule has 1 fully saturated rings. The Bertz CT molecular complexity index is 1010. The lowest BCUT2D eigenvalue weighted by atomic mass is 10.0. The van der Waals surface area contributed by atoms with Gasteiger partial charge >= 0.3 is 5.69 Å². The van der Waals surface area contributed by atoms with Crippen LogP contribution >= 0.6 is 0 Å². The van der Waals surface area contributed by atoms with E-state index in [4.69, 9.17) is 5.73 Å². The van der Waals surface area contributed by atoms with Gasteiger partial charge in [-0.25, -0.2) is 9.78 Å². The van der Waals surface area contributed by atoms with E-state index in [1.54, 1.807) is 11.0 Å². The molecule has 2 aromatic heterocycles. The first-order chi connectivity index (χ1) is 13.2. The minimum Gasteiger partial charge on any atom is -0.337 e. The predicted molar refractivity (Wildman–Crippen MR) is 109 cm³/mol. The number of nitrogens with one attached hydrogen (secondary N) is 1. The lowest BCUT2D eigenvalue weighted by molar-refractivity contribution is 0.0710. The van der Waals surface area contributed by atoms with Crippen LogP contribution in [0.2, 0.25) is 0 Å². The number of fused-ring (bicyclic) bond motifs is 1. The van der Waals surface area contributed by atoms with Gasteiger partial charge in [0.1, 0.15) is 0 Å². The summed E-state index contributed by atoms with van der Waals surface area (Å²) in [5.74, 6) is -0.0123. The number of H-pyrrole nitrogens is 1. The minimum absolute atomic E-state index is 0.0430. The highest BCUT2D eigenvalue weighted by Gasteiger charge is 2.27. The van der Waals surface area contributed by atoms with Crippen molar-refractivity contribution in [1.82, 2.24) is 19.4 Å². The maximum Gasteiger partial charge on any atom is 0.330 e. The van der Waals surface area contributed by atoms with E-state index in [-0.39, 0.29) is 34.8 Å². The molecule has 1 aliphatic rings. The summed E-state index contributed by atoms with van der Waals surface area (Å²) in [6, 6.07) is 1.63. The van der Waals surface area contributed by atoms with Crippen molar-refractivity contribution in [3.63, 3.8) is 0 Å². The third-order valence-corrected chi connectivity index (χ3v) is 5.08. The van der Waals surface area contributed by atoms with Crippen molar-refractivity contribution in [3.05, 3.63) is 38.2 Å². The first kappa shape index (κ1) is 20.3. The molecule has 0 aromatic carbocycles. The quantitative estimate of drug-likeness (QED) is 0.824. The Morgan fingerprint density at radius 1 is 1.32 bits per heavy atom. The van der Waals surface area contributed by atoms with Gasteiger partial charge in [0.25, 0.3) is 11.5 Å². The van der Waals surface area contributed by atoms with Gasteiger partial charge in [-0.15, -0.1) is 0 Å². The fourth-order valence-electron chi connectivity index (χ4n) is 3.66. The number of amides is 1. The molecular formula is C20H29N5O3. The van der Waals surface area contributed by atoms with Crippen LogP contribution in [0.4, 0.5) is 0 Å². The number of hydrogen-bond acceptors (Lipinski definition) is 5. The summed E-state index contributed by atoms with van der Waals surface area (Å²) >= 11 is 0. The highest BCUT2D eigenvalue weighted by molar-refractivity contribution is 6.05. The number of carbonyl (C=O) groups is 1. The number of rotatable bonds is 4. The van der Waals surface area contributed by atoms with Crippen molar-refractivity contribution in [2.75, 3.05) is 13.1 Å². The first-order valence-electron chi connectivity index (χ1n) is 9.91. The van der Waals surface area contributed by atoms with Crippen molar-refractivity contribution >= 4 is 16.9 Å². The molecule has 8 heteroatoms. The lowest BCUT2D eigenvalue weighted by Gasteiger charge is -2.31. The number of nitrogens with zero attached hydrogens (tertiary/aromatic N) is 3. The van der Waals surface area contributed by atoms with E-state index in [1.165, 1.54) is 4.57 Å². The van der Waals surface area contributed by atoms with E-state index in [0.29, 0.717) is 30.9 Å². The van der Waals surface area contributed by atoms with Crippen molar-refractivity contribution in [3.8, 4) is 0 Å². The van der Waals surface area contributed by atoms with Crippen LogP contribution in [0.5, 0.6) is 0 Å². The standard InChI is InChI=1S/C20H29N5O3/c1-11(2)9-25-17-16(18(26)23-20(25)28)14(8-15(22-17)12(3)4)19(27)24-7-5-6-13(21)10-24/h8,11-13H,5-7,9-10,21H2,1-4H3,(H,23,26,28). The van der Waals surface area contributed by atoms with E-state index in [0.717, 1.165) is 12.8 Å².